The van der Waals surface area contributed by atoms with Gasteiger partial charge in [-0.1, -0.05) is 23.8 Å². The molecule has 0 saturated carbocycles. The van der Waals surface area contributed by atoms with Gasteiger partial charge in [-0.15, -0.1) is 0 Å². The highest BCUT2D eigenvalue weighted by Gasteiger charge is 2.34. The summed E-state index contributed by atoms with van der Waals surface area (Å²) in [7, 11) is 1.67. The Morgan fingerprint density at radius 1 is 1.05 bits per heavy atom. The van der Waals surface area contributed by atoms with Crippen molar-refractivity contribution in [2.45, 2.75) is 38.6 Å². The summed E-state index contributed by atoms with van der Waals surface area (Å²) >= 11 is 0. The summed E-state index contributed by atoms with van der Waals surface area (Å²) < 4.78 is 35.9. The topological polar surface area (TPSA) is 79.5 Å². The minimum atomic E-state index is -1.35. The van der Waals surface area contributed by atoms with Crippen molar-refractivity contribution in [3.05, 3.63) is 54.0 Å². The molecule has 200 valence electrons. The van der Waals surface area contributed by atoms with Crippen molar-refractivity contribution in [3.8, 4) is 17.1 Å². The van der Waals surface area contributed by atoms with Gasteiger partial charge in [0, 0.05) is 57.9 Å². The molecule has 4 aromatic rings. The molecule has 2 saturated heterocycles. The molecule has 0 atom stereocenters. The zero-order chi connectivity index (χ0) is 26.1. The lowest BCUT2D eigenvalue weighted by atomic mass is 9.96. The Kier molecular flexibility index (Phi) is 6.86. The van der Waals surface area contributed by atoms with Gasteiger partial charge in [0.1, 0.15) is 11.2 Å². The van der Waals surface area contributed by atoms with E-state index in [1.807, 2.05) is 27.4 Å². The van der Waals surface area contributed by atoms with Crippen molar-refractivity contribution >= 4 is 16.9 Å². The Labute approximate surface area is 221 Å². The molecule has 1 aromatic carbocycles. The molecule has 0 N–H and O–H groups in total. The summed E-state index contributed by atoms with van der Waals surface area (Å²) in [4.78, 5) is 12.0. The molecule has 2 aliphatic heterocycles. The molecule has 2 fully saturated rings. The lowest BCUT2D eigenvalue weighted by Crippen LogP contribution is -2.36. The van der Waals surface area contributed by atoms with Gasteiger partial charge in [-0.25, -0.2) is 19.0 Å². The quantitative estimate of drug-likeness (QED) is 0.363. The van der Waals surface area contributed by atoms with Crippen molar-refractivity contribution in [1.29, 1.82) is 0 Å². The van der Waals surface area contributed by atoms with E-state index in [1.54, 1.807) is 13.4 Å². The number of anilines is 1. The minimum Gasteiger partial charge on any atom is -0.381 e. The van der Waals surface area contributed by atoms with Gasteiger partial charge in [0.05, 0.1) is 49.8 Å². The number of alkyl halides is 1. The van der Waals surface area contributed by atoms with E-state index < -0.39 is 5.67 Å². The van der Waals surface area contributed by atoms with Crippen LogP contribution in [0.15, 0.2) is 42.7 Å². The van der Waals surface area contributed by atoms with E-state index >= 15 is 4.39 Å². The SMILES string of the molecule is COCc1cc(-c2cccc(C)c2)nn1-c1cc(N2CCOCC2)c2ncn(CC3(F)CCOCC3)c2n1. The zero-order valence-corrected chi connectivity index (χ0v) is 21.9. The number of halogens is 1. The van der Waals surface area contributed by atoms with Gasteiger partial charge < -0.3 is 23.7 Å². The van der Waals surface area contributed by atoms with Crippen LogP contribution in [0.1, 0.15) is 24.1 Å². The highest BCUT2D eigenvalue weighted by molar-refractivity contribution is 5.87. The third-order valence-corrected chi connectivity index (χ3v) is 7.34. The maximum atomic E-state index is 15.7. The van der Waals surface area contributed by atoms with E-state index in [4.69, 9.17) is 29.3 Å². The number of benzene rings is 1. The maximum absolute atomic E-state index is 15.7. The van der Waals surface area contributed by atoms with Crippen molar-refractivity contribution in [1.82, 2.24) is 24.3 Å². The fourth-order valence-corrected chi connectivity index (χ4v) is 5.29. The number of aromatic nitrogens is 5. The number of ether oxygens (including phenoxy) is 3. The number of aryl methyl sites for hydroxylation is 1. The normalized spacial score (nSPS) is 17.8. The van der Waals surface area contributed by atoms with Gasteiger partial charge in [0.2, 0.25) is 0 Å². The van der Waals surface area contributed by atoms with Crippen LogP contribution in [0.25, 0.3) is 28.2 Å². The number of fused-ring (bicyclic) bond motifs is 1. The summed E-state index contributed by atoms with van der Waals surface area (Å²) in [6.07, 6.45) is 2.43. The van der Waals surface area contributed by atoms with Crippen molar-refractivity contribution in [3.63, 3.8) is 0 Å². The first-order valence-corrected chi connectivity index (χ1v) is 13.1. The largest absolute Gasteiger partial charge is 0.381 e. The molecule has 0 radical (unpaired) electrons. The molecule has 38 heavy (non-hydrogen) atoms. The fraction of sp³-hybridized carbons (Fsp3) is 0.464. The average Bonchev–Trinajstić information content (AvgIpc) is 3.53. The van der Waals surface area contributed by atoms with Crippen molar-refractivity contribution < 1.29 is 18.6 Å². The van der Waals surface area contributed by atoms with E-state index in [-0.39, 0.29) is 6.54 Å². The van der Waals surface area contributed by atoms with Gasteiger partial charge in [-0.3, -0.25) is 0 Å². The zero-order valence-electron chi connectivity index (χ0n) is 21.9. The van der Waals surface area contributed by atoms with E-state index in [0.29, 0.717) is 57.3 Å². The molecule has 3 aromatic heterocycles. The van der Waals surface area contributed by atoms with Gasteiger partial charge in [0.25, 0.3) is 0 Å². The first-order valence-electron chi connectivity index (χ1n) is 13.1. The first kappa shape index (κ1) is 25.0. The van der Waals surface area contributed by atoms with Crippen molar-refractivity contribution in [2.24, 2.45) is 0 Å². The number of morpholine rings is 1. The van der Waals surface area contributed by atoms with Gasteiger partial charge in [-0.05, 0) is 19.1 Å². The van der Waals surface area contributed by atoms with E-state index in [1.165, 1.54) is 0 Å². The van der Waals surface area contributed by atoms with Crippen LogP contribution in [-0.4, -0.2) is 76.6 Å². The number of imidazole rings is 1. The second-order valence-corrected chi connectivity index (χ2v) is 10.1. The lowest BCUT2D eigenvalue weighted by molar-refractivity contribution is -0.0172. The molecular weight excluding hydrogens is 487 g/mol. The van der Waals surface area contributed by atoms with Gasteiger partial charge in [0.15, 0.2) is 11.5 Å². The van der Waals surface area contributed by atoms with Gasteiger partial charge in [-0.2, -0.15) is 5.10 Å². The summed E-state index contributed by atoms with van der Waals surface area (Å²) in [6.45, 7) is 6.25. The van der Waals surface area contributed by atoms with E-state index in [9.17, 15) is 0 Å². The number of pyridine rings is 1. The minimum absolute atomic E-state index is 0.185. The maximum Gasteiger partial charge on any atom is 0.164 e. The Morgan fingerprint density at radius 3 is 2.61 bits per heavy atom. The predicted molar refractivity (Wildman–Crippen MR) is 142 cm³/mol. The van der Waals surface area contributed by atoms with Gasteiger partial charge >= 0.3 is 0 Å². The number of hydrogen-bond acceptors (Lipinski definition) is 7. The first-order chi connectivity index (χ1) is 18.5. The summed E-state index contributed by atoms with van der Waals surface area (Å²) in [6, 6.07) is 12.3. The van der Waals surface area contributed by atoms with Crippen LogP contribution >= 0.6 is 0 Å². The van der Waals surface area contributed by atoms with Crippen LogP contribution in [-0.2, 0) is 27.4 Å². The molecule has 0 bridgehead atoms. The predicted octanol–water partition coefficient (Wildman–Crippen LogP) is 4.09. The molecule has 2 aliphatic rings. The Morgan fingerprint density at radius 2 is 1.84 bits per heavy atom. The lowest BCUT2D eigenvalue weighted by Gasteiger charge is -2.30. The number of nitrogens with zero attached hydrogens (tertiary/aromatic N) is 6. The van der Waals surface area contributed by atoms with E-state index in [0.717, 1.165) is 46.8 Å². The third-order valence-electron chi connectivity index (χ3n) is 7.34. The van der Waals surface area contributed by atoms with Crippen LogP contribution in [0.5, 0.6) is 0 Å². The molecule has 9 nitrogen and oxygen atoms in total. The number of methoxy groups -OCH3 is 1. The Balaban J connectivity index is 1.48. The monoisotopic (exact) mass is 520 g/mol. The van der Waals surface area contributed by atoms with Crippen molar-refractivity contribution in [2.75, 3.05) is 51.5 Å². The molecule has 5 heterocycles. The standard InChI is InChI=1S/C28H33FN6O3/c1-20-4-3-5-21(14-20)23-15-22(17-36-2)35(32-23)25-16-24(33-8-12-38-13-9-33)26-27(31-25)34(19-30-26)18-28(29)6-10-37-11-7-28/h3-5,14-16,19H,6-13,17-18H2,1-2H3. The second-order valence-electron chi connectivity index (χ2n) is 10.1. The van der Waals surface area contributed by atoms with E-state index in [2.05, 4.69) is 30.0 Å². The number of hydrogen-bond donors (Lipinski definition) is 0. The second kappa shape index (κ2) is 10.4. The highest BCUT2D eigenvalue weighted by atomic mass is 19.1. The Hall–Kier alpha value is -3.34. The molecule has 0 spiro atoms. The van der Waals surface area contributed by atoms with Crippen LogP contribution in [0.2, 0.25) is 0 Å². The smallest absolute Gasteiger partial charge is 0.164 e. The fourth-order valence-electron chi connectivity index (χ4n) is 5.29. The molecule has 0 amide bonds. The third kappa shape index (κ3) is 4.91. The van der Waals surface area contributed by atoms with Crippen LogP contribution < -0.4 is 4.90 Å². The summed E-state index contributed by atoms with van der Waals surface area (Å²) in [5.41, 5.74) is 4.90. The van der Waals surface area contributed by atoms with Crippen LogP contribution in [0.4, 0.5) is 10.1 Å². The molecule has 10 heteroatoms. The average molecular weight is 521 g/mol. The number of rotatable bonds is 7. The molecule has 6 rings (SSSR count). The summed E-state index contributed by atoms with van der Waals surface area (Å²) in [5, 5.41) is 4.96. The molecule has 0 aliphatic carbocycles. The molecule has 0 unspecified atom stereocenters. The summed E-state index contributed by atoms with van der Waals surface area (Å²) in [5.74, 6) is 0.645. The highest BCUT2D eigenvalue weighted by Crippen LogP contribution is 2.33. The Bertz CT molecular complexity index is 1420. The van der Waals surface area contributed by atoms with Crippen LogP contribution in [0.3, 0.4) is 0 Å². The molecular formula is C28H33FN6O3. The van der Waals surface area contributed by atoms with Crippen LogP contribution in [0, 0.1) is 6.92 Å².